The lowest BCUT2D eigenvalue weighted by Crippen LogP contribution is -2.44. The van der Waals surface area contributed by atoms with Crippen LogP contribution in [0.15, 0.2) is 42.5 Å². The maximum Gasteiger partial charge on any atom is 0.164 e. The van der Waals surface area contributed by atoms with Gasteiger partial charge in [-0.3, -0.25) is 0 Å². The first-order valence-electron chi connectivity index (χ1n) is 8.34. The second-order valence-corrected chi connectivity index (χ2v) is 5.83. The van der Waals surface area contributed by atoms with Crippen molar-refractivity contribution in [3.05, 3.63) is 53.6 Å². The molecule has 1 atom stereocenters. The molecule has 0 bridgehead atoms. The maximum absolute atomic E-state index is 10.1. The Bertz CT molecular complexity index is 669. The van der Waals surface area contributed by atoms with Crippen molar-refractivity contribution in [1.29, 1.82) is 0 Å². The normalized spacial score (nSPS) is 13.2. The van der Waals surface area contributed by atoms with Gasteiger partial charge in [0.15, 0.2) is 11.5 Å². The summed E-state index contributed by atoms with van der Waals surface area (Å²) in [5.74, 6) is 1.97. The van der Waals surface area contributed by atoms with Crippen LogP contribution in [-0.2, 0) is 12.1 Å². The summed E-state index contributed by atoms with van der Waals surface area (Å²) in [6.45, 7) is 2.58. The van der Waals surface area contributed by atoms with Gasteiger partial charge in [-0.15, -0.1) is 0 Å². The van der Waals surface area contributed by atoms with Gasteiger partial charge in [0.2, 0.25) is 0 Å². The number of methoxy groups -OCH3 is 3. The predicted molar refractivity (Wildman–Crippen MR) is 98.4 cm³/mol. The van der Waals surface area contributed by atoms with Gasteiger partial charge in [0.25, 0.3) is 0 Å². The molecule has 0 aliphatic carbocycles. The number of ether oxygens (including phenoxy) is 3. The van der Waals surface area contributed by atoms with E-state index < -0.39 is 5.54 Å². The van der Waals surface area contributed by atoms with Crippen LogP contribution in [0, 0.1) is 0 Å². The number of nitrogens with one attached hydrogen (secondary N) is 1. The molecule has 0 radical (unpaired) electrons. The molecule has 0 heterocycles. The Labute approximate surface area is 149 Å². The van der Waals surface area contributed by atoms with E-state index in [0.717, 1.165) is 17.5 Å². The van der Waals surface area contributed by atoms with Gasteiger partial charge in [-0.25, -0.2) is 0 Å². The Morgan fingerprint density at radius 2 is 1.52 bits per heavy atom. The number of aliphatic hydroxyl groups is 1. The molecule has 0 fully saturated rings. The van der Waals surface area contributed by atoms with Gasteiger partial charge in [-0.05, 0) is 18.1 Å². The largest absolute Gasteiger partial charge is 0.496 e. The molecule has 2 N–H and O–H groups in total. The standard InChI is InChI=1S/C20H27NO4/c1-5-20(14-22,16-9-7-6-8-10-16)21-13-15-11-18(24-3)19(25-4)12-17(15)23-2/h6-12,21-22H,5,13-14H2,1-4H3/t20-/m1/s1. The molecule has 0 aromatic heterocycles. The summed E-state index contributed by atoms with van der Waals surface area (Å²) >= 11 is 0. The molecule has 136 valence electrons. The van der Waals surface area contributed by atoms with Gasteiger partial charge in [0.05, 0.1) is 33.5 Å². The van der Waals surface area contributed by atoms with E-state index in [1.807, 2.05) is 42.5 Å². The summed E-state index contributed by atoms with van der Waals surface area (Å²) in [6.07, 6.45) is 0.753. The van der Waals surface area contributed by atoms with Gasteiger partial charge >= 0.3 is 0 Å². The van der Waals surface area contributed by atoms with Crippen LogP contribution in [-0.4, -0.2) is 33.0 Å². The molecule has 2 aromatic carbocycles. The van der Waals surface area contributed by atoms with Crippen LogP contribution < -0.4 is 19.5 Å². The smallest absolute Gasteiger partial charge is 0.164 e. The Hall–Kier alpha value is -2.24. The van der Waals surface area contributed by atoms with E-state index in [1.165, 1.54) is 0 Å². The SMILES string of the molecule is CC[C@](CO)(NCc1cc(OC)c(OC)cc1OC)c1ccccc1. The van der Waals surface area contributed by atoms with Crippen LogP contribution in [0.2, 0.25) is 0 Å². The van der Waals surface area contributed by atoms with Gasteiger partial charge in [-0.1, -0.05) is 37.3 Å². The zero-order valence-corrected chi connectivity index (χ0v) is 15.3. The lowest BCUT2D eigenvalue weighted by Gasteiger charge is -2.33. The summed E-state index contributed by atoms with van der Waals surface area (Å²) in [5.41, 5.74) is 1.47. The van der Waals surface area contributed by atoms with E-state index in [9.17, 15) is 5.11 Å². The Balaban J connectivity index is 2.32. The van der Waals surface area contributed by atoms with Crippen molar-refractivity contribution < 1.29 is 19.3 Å². The molecule has 2 aromatic rings. The molecule has 0 amide bonds. The van der Waals surface area contributed by atoms with E-state index in [1.54, 1.807) is 21.3 Å². The zero-order valence-electron chi connectivity index (χ0n) is 15.3. The molecular weight excluding hydrogens is 318 g/mol. The van der Waals surface area contributed by atoms with Gasteiger partial charge in [0.1, 0.15) is 5.75 Å². The molecule has 25 heavy (non-hydrogen) atoms. The highest BCUT2D eigenvalue weighted by atomic mass is 16.5. The zero-order chi connectivity index (χ0) is 18.3. The highest BCUT2D eigenvalue weighted by molar-refractivity contribution is 5.50. The topological polar surface area (TPSA) is 60.0 Å². The summed E-state index contributed by atoms with van der Waals surface area (Å²) in [5, 5.41) is 13.6. The van der Waals surface area contributed by atoms with Gasteiger partial charge in [0, 0.05) is 18.2 Å². The van der Waals surface area contributed by atoms with E-state index >= 15 is 0 Å². The highest BCUT2D eigenvalue weighted by Crippen LogP contribution is 2.35. The summed E-state index contributed by atoms with van der Waals surface area (Å²) in [6, 6.07) is 13.7. The van der Waals surface area contributed by atoms with Crippen LogP contribution in [0.25, 0.3) is 0 Å². The van der Waals surface area contributed by atoms with Crippen molar-refractivity contribution in [2.45, 2.75) is 25.4 Å². The fourth-order valence-corrected chi connectivity index (χ4v) is 2.94. The molecule has 5 heteroatoms. The number of hydrogen-bond donors (Lipinski definition) is 2. The Morgan fingerprint density at radius 3 is 2.04 bits per heavy atom. The number of benzene rings is 2. The number of rotatable bonds is 9. The molecule has 0 aliphatic rings. The van der Waals surface area contributed by atoms with E-state index in [2.05, 4.69) is 12.2 Å². The third-order valence-electron chi connectivity index (χ3n) is 4.60. The second-order valence-electron chi connectivity index (χ2n) is 5.83. The van der Waals surface area contributed by atoms with Crippen molar-refractivity contribution in [1.82, 2.24) is 5.32 Å². The number of aliphatic hydroxyl groups excluding tert-OH is 1. The molecule has 5 nitrogen and oxygen atoms in total. The van der Waals surface area contributed by atoms with Gasteiger partial charge < -0.3 is 24.6 Å². The monoisotopic (exact) mass is 345 g/mol. The molecule has 0 saturated heterocycles. The summed E-state index contributed by atoms with van der Waals surface area (Å²) in [4.78, 5) is 0. The molecule has 0 saturated carbocycles. The van der Waals surface area contributed by atoms with Crippen molar-refractivity contribution in [2.75, 3.05) is 27.9 Å². The maximum atomic E-state index is 10.1. The molecule has 2 rings (SSSR count). The van der Waals surface area contributed by atoms with Crippen molar-refractivity contribution >= 4 is 0 Å². The Kier molecular flexibility index (Phi) is 6.67. The van der Waals surface area contributed by atoms with Crippen LogP contribution >= 0.6 is 0 Å². The predicted octanol–water partition coefficient (Wildman–Crippen LogP) is 3.10. The first kappa shape index (κ1) is 19.1. The average molecular weight is 345 g/mol. The van der Waals surface area contributed by atoms with E-state index in [-0.39, 0.29) is 6.61 Å². The average Bonchev–Trinajstić information content (AvgIpc) is 2.69. The molecule has 0 spiro atoms. The van der Waals surface area contributed by atoms with Crippen LogP contribution in [0.3, 0.4) is 0 Å². The van der Waals surface area contributed by atoms with Crippen LogP contribution in [0.1, 0.15) is 24.5 Å². The van der Waals surface area contributed by atoms with Crippen LogP contribution in [0.4, 0.5) is 0 Å². The lowest BCUT2D eigenvalue weighted by molar-refractivity contribution is 0.153. The highest BCUT2D eigenvalue weighted by Gasteiger charge is 2.29. The first-order valence-corrected chi connectivity index (χ1v) is 8.34. The minimum atomic E-state index is -0.514. The Morgan fingerprint density at radius 1 is 0.920 bits per heavy atom. The summed E-state index contributed by atoms with van der Waals surface area (Å²) < 4.78 is 16.2. The van der Waals surface area contributed by atoms with Crippen molar-refractivity contribution in [2.24, 2.45) is 0 Å². The third kappa shape index (κ3) is 4.06. The van der Waals surface area contributed by atoms with Crippen molar-refractivity contribution in [3.63, 3.8) is 0 Å². The number of hydrogen-bond acceptors (Lipinski definition) is 5. The summed E-state index contributed by atoms with van der Waals surface area (Å²) in [7, 11) is 4.83. The first-order chi connectivity index (χ1) is 12.1. The minimum Gasteiger partial charge on any atom is -0.496 e. The fraction of sp³-hybridized carbons (Fsp3) is 0.400. The molecule has 0 unspecified atom stereocenters. The lowest BCUT2D eigenvalue weighted by atomic mass is 9.87. The molecule has 0 aliphatic heterocycles. The fourth-order valence-electron chi connectivity index (χ4n) is 2.94. The van der Waals surface area contributed by atoms with Crippen molar-refractivity contribution in [3.8, 4) is 17.2 Å². The quantitative estimate of drug-likeness (QED) is 0.731. The minimum absolute atomic E-state index is 0.00309. The van der Waals surface area contributed by atoms with E-state index in [4.69, 9.17) is 14.2 Å². The molecular formula is C20H27NO4. The van der Waals surface area contributed by atoms with Gasteiger partial charge in [-0.2, -0.15) is 0 Å². The second kappa shape index (κ2) is 8.74. The van der Waals surface area contributed by atoms with Crippen LogP contribution in [0.5, 0.6) is 17.2 Å². The third-order valence-corrected chi connectivity index (χ3v) is 4.60. The van der Waals surface area contributed by atoms with E-state index in [0.29, 0.717) is 23.8 Å².